The van der Waals surface area contributed by atoms with Gasteiger partial charge in [-0.25, -0.2) is 0 Å². The first-order valence-corrected chi connectivity index (χ1v) is 10.5. The van der Waals surface area contributed by atoms with E-state index in [4.69, 9.17) is 11.6 Å². The van der Waals surface area contributed by atoms with Crippen LogP contribution in [0, 0.1) is 6.92 Å². The molecule has 0 aliphatic heterocycles. The van der Waals surface area contributed by atoms with Gasteiger partial charge in [-0.05, 0) is 54.8 Å². The van der Waals surface area contributed by atoms with Gasteiger partial charge in [-0.1, -0.05) is 54.1 Å². The fourth-order valence-electron chi connectivity index (χ4n) is 3.36. The van der Waals surface area contributed by atoms with Crippen molar-refractivity contribution in [2.75, 3.05) is 11.9 Å². The number of H-pyrrole nitrogens is 1. The molecule has 0 spiro atoms. The highest BCUT2D eigenvalue weighted by atomic mass is 35.5. The minimum Gasteiger partial charge on any atom is -0.361 e. The minimum atomic E-state index is -0.223. The van der Waals surface area contributed by atoms with E-state index in [1.807, 2.05) is 61.7 Å². The van der Waals surface area contributed by atoms with Gasteiger partial charge in [0.2, 0.25) is 5.96 Å². The van der Waals surface area contributed by atoms with Gasteiger partial charge in [-0.2, -0.15) is 0 Å². The van der Waals surface area contributed by atoms with E-state index in [2.05, 4.69) is 32.7 Å². The zero-order valence-corrected chi connectivity index (χ0v) is 17.9. The molecule has 1 aromatic heterocycles. The molecule has 4 aromatic rings. The van der Waals surface area contributed by atoms with Crippen LogP contribution < -0.4 is 10.6 Å². The highest BCUT2D eigenvalue weighted by molar-refractivity contribution is 6.31. The molecule has 3 N–H and O–H groups in total. The van der Waals surface area contributed by atoms with Gasteiger partial charge in [0.15, 0.2) is 0 Å². The Kier molecular flexibility index (Phi) is 6.34. The second-order valence-corrected chi connectivity index (χ2v) is 7.68. The van der Waals surface area contributed by atoms with E-state index in [1.165, 1.54) is 10.9 Å². The van der Waals surface area contributed by atoms with Crippen molar-refractivity contribution in [1.82, 2.24) is 10.3 Å². The molecular weight excluding hydrogens is 408 g/mol. The number of guanidine groups is 1. The Balaban J connectivity index is 1.54. The van der Waals surface area contributed by atoms with Crippen LogP contribution in [0.15, 0.2) is 84.0 Å². The summed E-state index contributed by atoms with van der Waals surface area (Å²) < 4.78 is 0. The van der Waals surface area contributed by atoms with Crippen LogP contribution in [-0.2, 0) is 6.42 Å². The number of benzene rings is 3. The van der Waals surface area contributed by atoms with Crippen LogP contribution in [0.5, 0.6) is 0 Å². The zero-order chi connectivity index (χ0) is 21.6. The van der Waals surface area contributed by atoms with Gasteiger partial charge in [-0.3, -0.25) is 15.1 Å². The number of hydrogen-bond acceptors (Lipinski definition) is 2. The molecule has 5 nitrogen and oxygen atoms in total. The number of carbonyl (C=O) groups excluding carboxylic acids is 1. The van der Waals surface area contributed by atoms with Crippen LogP contribution in [0.1, 0.15) is 21.5 Å². The predicted octanol–water partition coefficient (Wildman–Crippen LogP) is 5.57. The van der Waals surface area contributed by atoms with Crippen molar-refractivity contribution in [2.45, 2.75) is 13.3 Å². The zero-order valence-electron chi connectivity index (χ0n) is 17.2. The lowest BCUT2D eigenvalue weighted by molar-refractivity contribution is 0.0977. The lowest BCUT2D eigenvalue weighted by atomic mass is 10.1. The average molecular weight is 431 g/mol. The molecule has 1 heterocycles. The fourth-order valence-corrected chi connectivity index (χ4v) is 3.53. The SMILES string of the molecule is Cc1ccc(Cl)cc1NC(=NCCc1c[nH]c2ccccc12)NC(=O)c1ccccc1. The first-order chi connectivity index (χ1) is 15.1. The van der Waals surface area contributed by atoms with Crippen LogP contribution in [0.3, 0.4) is 0 Å². The molecule has 0 aliphatic rings. The van der Waals surface area contributed by atoms with Crippen molar-refractivity contribution in [3.8, 4) is 0 Å². The highest BCUT2D eigenvalue weighted by Crippen LogP contribution is 2.20. The van der Waals surface area contributed by atoms with Crippen LogP contribution in [0.2, 0.25) is 5.02 Å². The Bertz CT molecular complexity index is 1230. The van der Waals surface area contributed by atoms with E-state index >= 15 is 0 Å². The normalized spacial score (nSPS) is 11.5. The van der Waals surface area contributed by atoms with E-state index in [1.54, 1.807) is 12.1 Å². The van der Waals surface area contributed by atoms with Gasteiger partial charge in [0.25, 0.3) is 5.91 Å². The summed E-state index contributed by atoms with van der Waals surface area (Å²) in [6.07, 6.45) is 2.75. The van der Waals surface area contributed by atoms with Crippen molar-refractivity contribution in [1.29, 1.82) is 0 Å². The molecule has 4 rings (SSSR count). The first kappa shape index (κ1) is 20.7. The predicted molar refractivity (Wildman–Crippen MR) is 128 cm³/mol. The molecule has 0 saturated carbocycles. The van der Waals surface area contributed by atoms with Gasteiger partial charge < -0.3 is 10.3 Å². The standard InChI is InChI=1S/C25H23ClN4O/c1-17-11-12-20(26)15-23(17)29-25(30-24(31)18-7-3-2-4-8-18)27-14-13-19-16-28-22-10-6-5-9-21(19)22/h2-12,15-16,28H,13-14H2,1H3,(H2,27,29,30,31). The Labute approximate surface area is 186 Å². The maximum absolute atomic E-state index is 12.7. The number of anilines is 1. The molecule has 156 valence electrons. The molecule has 0 fully saturated rings. The Morgan fingerprint density at radius 3 is 2.65 bits per heavy atom. The fraction of sp³-hybridized carbons (Fsp3) is 0.120. The number of para-hydroxylation sites is 1. The summed E-state index contributed by atoms with van der Waals surface area (Å²) in [7, 11) is 0. The number of halogens is 1. The molecule has 0 aliphatic carbocycles. The van der Waals surface area contributed by atoms with E-state index < -0.39 is 0 Å². The molecular formula is C25H23ClN4O. The number of aromatic amines is 1. The largest absolute Gasteiger partial charge is 0.361 e. The molecule has 0 saturated heterocycles. The summed E-state index contributed by atoms with van der Waals surface area (Å²) in [6, 6.07) is 22.8. The van der Waals surface area contributed by atoms with E-state index in [0.717, 1.165) is 23.2 Å². The Morgan fingerprint density at radius 1 is 1.03 bits per heavy atom. The van der Waals surface area contributed by atoms with Crippen molar-refractivity contribution in [2.24, 2.45) is 4.99 Å². The van der Waals surface area contributed by atoms with Gasteiger partial charge >= 0.3 is 0 Å². The van der Waals surface area contributed by atoms with Crippen LogP contribution >= 0.6 is 11.6 Å². The van der Waals surface area contributed by atoms with Gasteiger partial charge in [0.05, 0.1) is 0 Å². The maximum Gasteiger partial charge on any atom is 0.257 e. The number of amides is 1. The molecule has 0 atom stereocenters. The van der Waals surface area contributed by atoms with Gasteiger partial charge in [0, 0.05) is 39.9 Å². The number of hydrogen-bond donors (Lipinski definition) is 3. The summed E-state index contributed by atoms with van der Waals surface area (Å²) >= 11 is 6.16. The maximum atomic E-state index is 12.7. The second kappa shape index (κ2) is 9.49. The number of rotatable bonds is 5. The Morgan fingerprint density at radius 2 is 1.81 bits per heavy atom. The van der Waals surface area contributed by atoms with E-state index in [-0.39, 0.29) is 5.91 Å². The number of aryl methyl sites for hydroxylation is 1. The summed E-state index contributed by atoms with van der Waals surface area (Å²) in [4.78, 5) is 20.6. The van der Waals surface area contributed by atoms with Gasteiger partial charge in [0.1, 0.15) is 0 Å². The number of nitrogens with zero attached hydrogens (tertiary/aromatic N) is 1. The molecule has 3 aromatic carbocycles. The third-order valence-corrected chi connectivity index (χ3v) is 5.28. The molecule has 0 bridgehead atoms. The van der Waals surface area contributed by atoms with Gasteiger partial charge in [-0.15, -0.1) is 0 Å². The van der Waals surface area contributed by atoms with Crippen LogP contribution in [0.25, 0.3) is 10.9 Å². The smallest absolute Gasteiger partial charge is 0.257 e. The third-order valence-electron chi connectivity index (χ3n) is 5.05. The Hall–Kier alpha value is -3.57. The minimum absolute atomic E-state index is 0.223. The summed E-state index contributed by atoms with van der Waals surface area (Å²) in [5.41, 5.74) is 4.66. The third kappa shape index (κ3) is 5.13. The number of aliphatic imine (C=N–C) groups is 1. The van der Waals surface area contributed by atoms with Crippen molar-refractivity contribution < 1.29 is 4.79 Å². The molecule has 6 heteroatoms. The van der Waals surface area contributed by atoms with E-state index in [9.17, 15) is 4.79 Å². The first-order valence-electron chi connectivity index (χ1n) is 10.1. The number of aromatic nitrogens is 1. The van der Waals surface area contributed by atoms with Crippen molar-refractivity contribution >= 4 is 40.1 Å². The average Bonchev–Trinajstić information content (AvgIpc) is 3.20. The lowest BCUT2D eigenvalue weighted by Crippen LogP contribution is -2.36. The second-order valence-electron chi connectivity index (χ2n) is 7.24. The highest BCUT2D eigenvalue weighted by Gasteiger charge is 2.11. The molecule has 0 radical (unpaired) electrons. The summed E-state index contributed by atoms with van der Waals surface area (Å²) in [5.74, 6) is 0.165. The van der Waals surface area contributed by atoms with Crippen molar-refractivity contribution in [3.05, 3.63) is 101 Å². The lowest BCUT2D eigenvalue weighted by Gasteiger charge is -2.14. The van der Waals surface area contributed by atoms with Crippen molar-refractivity contribution in [3.63, 3.8) is 0 Å². The van der Waals surface area contributed by atoms with E-state index in [0.29, 0.717) is 23.1 Å². The monoisotopic (exact) mass is 430 g/mol. The van der Waals surface area contributed by atoms with Crippen LogP contribution in [0.4, 0.5) is 5.69 Å². The summed E-state index contributed by atoms with van der Waals surface area (Å²) in [5, 5.41) is 7.92. The van der Waals surface area contributed by atoms with Crippen LogP contribution in [-0.4, -0.2) is 23.4 Å². The summed E-state index contributed by atoms with van der Waals surface area (Å²) in [6.45, 7) is 2.49. The number of nitrogens with one attached hydrogen (secondary N) is 3. The number of carbonyl (C=O) groups is 1. The molecule has 1 amide bonds. The molecule has 0 unspecified atom stereocenters. The quantitative estimate of drug-likeness (QED) is 0.286. The topological polar surface area (TPSA) is 69.3 Å². The molecule has 31 heavy (non-hydrogen) atoms. The number of fused-ring (bicyclic) bond motifs is 1.